The summed E-state index contributed by atoms with van der Waals surface area (Å²) in [5.41, 5.74) is 5.52. The van der Waals surface area contributed by atoms with E-state index in [2.05, 4.69) is 55.5 Å². The van der Waals surface area contributed by atoms with Gasteiger partial charge in [0.25, 0.3) is 0 Å². The fraction of sp³-hybridized carbons (Fsp3) is 0.184. The van der Waals surface area contributed by atoms with Gasteiger partial charge >= 0.3 is 0 Å². The maximum atomic E-state index is 6.10. The molecule has 44 heavy (non-hydrogen) atoms. The van der Waals surface area contributed by atoms with Gasteiger partial charge in [0.15, 0.2) is 5.05 Å². The van der Waals surface area contributed by atoms with Crippen LogP contribution in [0.4, 0.5) is 0 Å². The lowest BCUT2D eigenvalue weighted by Crippen LogP contribution is -2.27. The number of para-hydroxylation sites is 2. The van der Waals surface area contributed by atoms with Crippen LogP contribution in [0.5, 0.6) is 11.5 Å². The van der Waals surface area contributed by atoms with E-state index in [0.29, 0.717) is 31.3 Å². The highest BCUT2D eigenvalue weighted by atomic mass is 32.1. The fourth-order valence-corrected chi connectivity index (χ4v) is 5.81. The quantitative estimate of drug-likeness (QED) is 0.139. The predicted octanol–water partition coefficient (Wildman–Crippen LogP) is 9.00. The molecule has 0 amide bonds. The molecule has 0 saturated heterocycles. The van der Waals surface area contributed by atoms with Crippen LogP contribution in [0.2, 0.25) is 0 Å². The summed E-state index contributed by atoms with van der Waals surface area (Å²) in [6.45, 7) is 5.48. The molecule has 0 aliphatic heterocycles. The van der Waals surface area contributed by atoms with Crippen LogP contribution in [0.25, 0.3) is 21.8 Å². The zero-order valence-electron chi connectivity index (χ0n) is 24.9. The third kappa shape index (κ3) is 6.71. The predicted molar refractivity (Wildman–Crippen MR) is 180 cm³/mol. The van der Waals surface area contributed by atoms with Crippen molar-refractivity contribution >= 4 is 39.1 Å². The van der Waals surface area contributed by atoms with Crippen LogP contribution in [0.1, 0.15) is 42.8 Å². The lowest BCUT2D eigenvalue weighted by atomic mass is 9.74. The highest BCUT2D eigenvalue weighted by Gasteiger charge is 2.31. The molecule has 0 radical (unpaired) electrons. The van der Waals surface area contributed by atoms with Crippen molar-refractivity contribution in [2.75, 3.05) is 6.61 Å². The number of thiocarbonyl (C=S) groups is 1. The van der Waals surface area contributed by atoms with E-state index < -0.39 is 5.41 Å². The second kappa shape index (κ2) is 13.2. The molecule has 5 nitrogen and oxygen atoms in total. The molecule has 2 heterocycles. The third-order valence-electron chi connectivity index (χ3n) is 7.87. The molecule has 6 rings (SSSR count). The second-order valence-electron chi connectivity index (χ2n) is 10.9. The minimum absolute atomic E-state index is 0.395. The standard InChI is InChI=1S/C38H34N2O3S/c1-3-41-37(44)24-38(2,29-14-20-33(21-15-29)42-25-31-18-12-27-8-4-6-10-35(27)39-31)30-16-22-34(23-17-30)43-26-32-19-13-28-9-5-7-11-36(28)40-32/h4-23H,3,24-26H2,1-2H3. The molecule has 0 atom stereocenters. The van der Waals surface area contributed by atoms with E-state index in [9.17, 15) is 0 Å². The molecule has 0 bridgehead atoms. The van der Waals surface area contributed by atoms with Gasteiger partial charge in [-0.25, -0.2) is 9.97 Å². The lowest BCUT2D eigenvalue weighted by molar-refractivity contribution is 0.301. The Kier molecular flexibility index (Phi) is 8.80. The number of nitrogens with zero attached hydrogens (tertiary/aromatic N) is 2. The summed E-state index contributed by atoms with van der Waals surface area (Å²) in [4.78, 5) is 9.44. The highest BCUT2D eigenvalue weighted by Crippen LogP contribution is 2.38. The molecule has 0 N–H and O–H groups in total. The van der Waals surface area contributed by atoms with Gasteiger partial charge in [0.1, 0.15) is 24.7 Å². The van der Waals surface area contributed by atoms with Gasteiger partial charge in [-0.15, -0.1) is 0 Å². The normalized spacial score (nSPS) is 11.4. The first-order chi connectivity index (χ1) is 21.5. The van der Waals surface area contributed by atoms with Gasteiger partial charge < -0.3 is 14.2 Å². The summed E-state index contributed by atoms with van der Waals surface area (Å²) in [7, 11) is 0. The van der Waals surface area contributed by atoms with Crippen LogP contribution >= 0.6 is 12.2 Å². The highest BCUT2D eigenvalue weighted by molar-refractivity contribution is 7.80. The van der Waals surface area contributed by atoms with Crippen LogP contribution in [0, 0.1) is 0 Å². The number of pyridine rings is 2. The summed E-state index contributed by atoms with van der Waals surface area (Å²) in [5.74, 6) is 1.56. The molecule has 0 aliphatic rings. The van der Waals surface area contributed by atoms with Gasteiger partial charge in [-0.05, 0) is 78.8 Å². The number of hydrogen-bond donors (Lipinski definition) is 0. The van der Waals surface area contributed by atoms with Gasteiger partial charge in [0.05, 0.1) is 29.0 Å². The van der Waals surface area contributed by atoms with Crippen molar-refractivity contribution in [3.8, 4) is 11.5 Å². The minimum Gasteiger partial charge on any atom is -0.487 e. The maximum Gasteiger partial charge on any atom is 0.160 e. The van der Waals surface area contributed by atoms with Crippen LogP contribution in [0.3, 0.4) is 0 Å². The summed E-state index contributed by atoms with van der Waals surface area (Å²) in [6, 6.07) is 40.8. The summed E-state index contributed by atoms with van der Waals surface area (Å²) in [5, 5.41) is 2.82. The zero-order chi connectivity index (χ0) is 30.4. The van der Waals surface area contributed by atoms with Gasteiger partial charge in [-0.3, -0.25) is 0 Å². The van der Waals surface area contributed by atoms with E-state index in [1.807, 2.05) is 79.7 Å². The molecular formula is C38H34N2O3S. The van der Waals surface area contributed by atoms with Crippen molar-refractivity contribution in [1.29, 1.82) is 0 Å². The molecule has 0 fully saturated rings. The Morgan fingerprint density at radius 1 is 0.614 bits per heavy atom. The Hall–Kier alpha value is -4.81. The van der Waals surface area contributed by atoms with Crippen molar-refractivity contribution in [3.05, 3.63) is 144 Å². The smallest absolute Gasteiger partial charge is 0.160 e. The molecule has 0 spiro atoms. The first kappa shape index (κ1) is 29.3. The number of hydrogen-bond acceptors (Lipinski definition) is 6. The number of fused-ring (bicyclic) bond motifs is 2. The van der Waals surface area contributed by atoms with Crippen molar-refractivity contribution in [1.82, 2.24) is 9.97 Å². The topological polar surface area (TPSA) is 53.5 Å². The minimum atomic E-state index is -0.414. The number of aromatic nitrogens is 2. The summed E-state index contributed by atoms with van der Waals surface area (Å²) in [6.07, 6.45) is 0.568. The lowest BCUT2D eigenvalue weighted by Gasteiger charge is -2.31. The van der Waals surface area contributed by atoms with Crippen LogP contribution in [-0.4, -0.2) is 21.6 Å². The van der Waals surface area contributed by atoms with E-state index in [-0.39, 0.29) is 0 Å². The van der Waals surface area contributed by atoms with Crippen molar-refractivity contribution in [2.45, 2.75) is 38.9 Å². The molecule has 2 aromatic heterocycles. The van der Waals surface area contributed by atoms with Crippen molar-refractivity contribution < 1.29 is 14.2 Å². The molecule has 220 valence electrons. The molecule has 6 aromatic rings. The molecule has 6 heteroatoms. The van der Waals surface area contributed by atoms with Crippen molar-refractivity contribution in [2.24, 2.45) is 0 Å². The Labute approximate surface area is 263 Å². The van der Waals surface area contributed by atoms with Gasteiger partial charge in [-0.1, -0.05) is 79.7 Å². The Morgan fingerprint density at radius 3 is 1.52 bits per heavy atom. The first-order valence-corrected chi connectivity index (χ1v) is 15.2. The van der Waals surface area contributed by atoms with E-state index in [1.165, 1.54) is 0 Å². The Balaban J connectivity index is 1.16. The van der Waals surface area contributed by atoms with Crippen molar-refractivity contribution in [3.63, 3.8) is 0 Å². The number of rotatable bonds is 11. The molecule has 4 aromatic carbocycles. The SMILES string of the molecule is CCOC(=S)CC(C)(c1ccc(OCc2ccc3ccccc3n2)cc1)c1ccc(OCc2ccc3ccccc3n2)cc1. The van der Waals surface area contributed by atoms with Gasteiger partial charge in [0.2, 0.25) is 0 Å². The fourth-order valence-electron chi connectivity index (χ4n) is 5.40. The van der Waals surface area contributed by atoms with Gasteiger partial charge in [-0.2, -0.15) is 0 Å². The summed E-state index contributed by atoms with van der Waals surface area (Å²) < 4.78 is 17.9. The van der Waals surface area contributed by atoms with Crippen LogP contribution in [0.15, 0.2) is 121 Å². The first-order valence-electron chi connectivity index (χ1n) is 14.8. The van der Waals surface area contributed by atoms with E-state index in [1.54, 1.807) is 0 Å². The average molecular weight is 599 g/mol. The molecular weight excluding hydrogens is 564 g/mol. The third-order valence-corrected chi connectivity index (χ3v) is 8.13. The number of benzene rings is 4. The Morgan fingerprint density at radius 2 is 1.07 bits per heavy atom. The van der Waals surface area contributed by atoms with E-state index >= 15 is 0 Å². The van der Waals surface area contributed by atoms with E-state index in [4.69, 9.17) is 36.4 Å². The molecule has 0 aliphatic carbocycles. The largest absolute Gasteiger partial charge is 0.487 e. The summed E-state index contributed by atoms with van der Waals surface area (Å²) >= 11 is 5.63. The Bertz CT molecular complexity index is 1760. The molecule has 0 unspecified atom stereocenters. The van der Waals surface area contributed by atoms with Gasteiger partial charge in [0, 0.05) is 22.6 Å². The molecule has 0 saturated carbocycles. The monoisotopic (exact) mass is 598 g/mol. The number of ether oxygens (including phenoxy) is 3. The van der Waals surface area contributed by atoms with Crippen LogP contribution in [-0.2, 0) is 23.4 Å². The van der Waals surface area contributed by atoms with E-state index in [0.717, 1.165) is 55.8 Å². The maximum absolute atomic E-state index is 6.10. The second-order valence-corrected chi connectivity index (χ2v) is 11.4. The average Bonchev–Trinajstić information content (AvgIpc) is 3.06. The van der Waals surface area contributed by atoms with Crippen LogP contribution < -0.4 is 9.47 Å². The zero-order valence-corrected chi connectivity index (χ0v) is 25.7.